The van der Waals surface area contributed by atoms with Gasteiger partial charge in [0.25, 0.3) is 10.0 Å². The van der Waals surface area contributed by atoms with Crippen molar-refractivity contribution in [3.05, 3.63) is 131 Å². The van der Waals surface area contributed by atoms with Gasteiger partial charge in [0.15, 0.2) is 0 Å². The quantitative estimate of drug-likeness (QED) is 0.173. The van der Waals surface area contributed by atoms with Crippen LogP contribution in [0, 0.1) is 0 Å². The molecule has 1 atom stereocenters. The van der Waals surface area contributed by atoms with Crippen LogP contribution in [0.2, 0.25) is 5.02 Å². The monoisotopic (exact) mass is 645 g/mol. The van der Waals surface area contributed by atoms with Gasteiger partial charge in [0.2, 0.25) is 11.8 Å². The summed E-state index contributed by atoms with van der Waals surface area (Å²) in [5.41, 5.74) is 2.88. The normalized spacial score (nSPS) is 12.2. The maximum absolute atomic E-state index is 14.5. The van der Waals surface area contributed by atoms with Crippen molar-refractivity contribution in [2.24, 2.45) is 0 Å². The summed E-state index contributed by atoms with van der Waals surface area (Å²) < 4.78 is 29.4. The molecule has 4 rings (SSSR count). The van der Waals surface area contributed by atoms with Gasteiger partial charge >= 0.3 is 0 Å². The zero-order valence-electron chi connectivity index (χ0n) is 26.1. The van der Waals surface area contributed by atoms with E-state index in [1.54, 1.807) is 48.5 Å². The fourth-order valence-corrected chi connectivity index (χ4v) is 6.65. The van der Waals surface area contributed by atoms with Gasteiger partial charge in [-0.05, 0) is 66.8 Å². The maximum atomic E-state index is 14.5. The molecular weight excluding hydrogens is 606 g/mol. The molecule has 9 heteroatoms. The molecule has 236 valence electrons. The molecule has 0 fully saturated rings. The standard InChI is InChI=1S/C36H40ClN3O4S/c1-26(2)29-19-21-31(22-20-29)40(45(43,44)32-16-9-6-10-17-32)25-35(41)39(24-30-15-11-12-18-33(30)37)34(36(42)38-27(3)4)23-28-13-7-5-8-14-28/h5-22,26-27,34H,23-25H2,1-4H3,(H,38,42)/t34-/m1/s1. The summed E-state index contributed by atoms with van der Waals surface area (Å²) in [5.74, 6) is -0.639. The summed E-state index contributed by atoms with van der Waals surface area (Å²) in [6.07, 6.45) is 0.226. The van der Waals surface area contributed by atoms with Crippen molar-refractivity contribution in [1.82, 2.24) is 10.2 Å². The summed E-state index contributed by atoms with van der Waals surface area (Å²) >= 11 is 6.55. The van der Waals surface area contributed by atoms with Gasteiger partial charge in [0, 0.05) is 24.0 Å². The van der Waals surface area contributed by atoms with Crippen LogP contribution in [0.25, 0.3) is 0 Å². The largest absolute Gasteiger partial charge is 0.352 e. The molecule has 0 heterocycles. The summed E-state index contributed by atoms with van der Waals surface area (Å²) in [7, 11) is -4.16. The van der Waals surface area contributed by atoms with Gasteiger partial charge < -0.3 is 10.2 Å². The maximum Gasteiger partial charge on any atom is 0.264 e. The van der Waals surface area contributed by atoms with Crippen LogP contribution in [-0.2, 0) is 32.6 Å². The minimum absolute atomic E-state index is 0.00698. The van der Waals surface area contributed by atoms with Crippen LogP contribution < -0.4 is 9.62 Å². The van der Waals surface area contributed by atoms with E-state index in [2.05, 4.69) is 19.2 Å². The smallest absolute Gasteiger partial charge is 0.264 e. The molecule has 4 aromatic carbocycles. The lowest BCUT2D eigenvalue weighted by molar-refractivity contribution is -0.140. The van der Waals surface area contributed by atoms with Crippen molar-refractivity contribution in [3.8, 4) is 0 Å². The van der Waals surface area contributed by atoms with Crippen LogP contribution in [0.15, 0.2) is 114 Å². The van der Waals surface area contributed by atoms with E-state index in [0.717, 1.165) is 15.4 Å². The minimum Gasteiger partial charge on any atom is -0.352 e. The molecule has 45 heavy (non-hydrogen) atoms. The zero-order valence-corrected chi connectivity index (χ0v) is 27.6. The second-order valence-electron chi connectivity index (χ2n) is 11.6. The van der Waals surface area contributed by atoms with Crippen molar-refractivity contribution in [2.75, 3.05) is 10.8 Å². The van der Waals surface area contributed by atoms with E-state index in [9.17, 15) is 18.0 Å². The van der Waals surface area contributed by atoms with Crippen LogP contribution in [-0.4, -0.2) is 43.8 Å². The number of rotatable bonds is 13. The fourth-order valence-electron chi connectivity index (χ4n) is 5.02. The molecule has 0 aliphatic carbocycles. The predicted octanol–water partition coefficient (Wildman–Crippen LogP) is 6.82. The van der Waals surface area contributed by atoms with Crippen molar-refractivity contribution in [2.45, 2.75) is 63.6 Å². The number of carbonyl (C=O) groups excluding carboxylic acids is 2. The van der Waals surface area contributed by atoms with Gasteiger partial charge in [-0.25, -0.2) is 8.42 Å². The molecule has 1 N–H and O–H groups in total. The van der Waals surface area contributed by atoms with E-state index in [1.807, 2.05) is 62.4 Å². The van der Waals surface area contributed by atoms with Crippen molar-refractivity contribution >= 4 is 39.1 Å². The number of carbonyl (C=O) groups is 2. The molecule has 0 saturated heterocycles. The van der Waals surface area contributed by atoms with Gasteiger partial charge in [-0.3, -0.25) is 13.9 Å². The number of nitrogens with zero attached hydrogens (tertiary/aromatic N) is 2. The van der Waals surface area contributed by atoms with Crippen LogP contribution in [0.5, 0.6) is 0 Å². The van der Waals surface area contributed by atoms with Crippen LogP contribution in [0.3, 0.4) is 0 Å². The van der Waals surface area contributed by atoms with E-state index < -0.39 is 28.5 Å². The lowest BCUT2D eigenvalue weighted by atomic mass is 10.0. The first-order chi connectivity index (χ1) is 21.5. The third-order valence-corrected chi connectivity index (χ3v) is 9.62. The highest BCUT2D eigenvalue weighted by atomic mass is 35.5. The Kier molecular flexibility index (Phi) is 11.4. The van der Waals surface area contributed by atoms with Crippen LogP contribution in [0.1, 0.15) is 50.3 Å². The zero-order chi connectivity index (χ0) is 32.6. The summed E-state index contributed by atoms with van der Waals surface area (Å²) in [6.45, 7) is 7.30. The molecule has 0 aliphatic rings. The highest BCUT2D eigenvalue weighted by Crippen LogP contribution is 2.27. The first-order valence-corrected chi connectivity index (χ1v) is 16.8. The average molecular weight is 646 g/mol. The molecule has 0 radical (unpaired) electrons. The molecule has 0 aliphatic heterocycles. The number of anilines is 1. The number of hydrogen-bond acceptors (Lipinski definition) is 4. The van der Waals surface area contributed by atoms with E-state index in [4.69, 9.17) is 11.6 Å². The van der Waals surface area contributed by atoms with Crippen LogP contribution >= 0.6 is 11.6 Å². The van der Waals surface area contributed by atoms with Crippen LogP contribution in [0.4, 0.5) is 5.69 Å². The highest BCUT2D eigenvalue weighted by Gasteiger charge is 2.35. The number of hydrogen-bond donors (Lipinski definition) is 1. The minimum atomic E-state index is -4.16. The molecule has 0 spiro atoms. The Hall–Kier alpha value is -4.14. The molecular formula is C36H40ClN3O4S. The van der Waals surface area contributed by atoms with Gasteiger partial charge in [0.05, 0.1) is 10.6 Å². The first kappa shape index (κ1) is 33.7. The topological polar surface area (TPSA) is 86.8 Å². The second-order valence-corrected chi connectivity index (χ2v) is 13.8. The predicted molar refractivity (Wildman–Crippen MR) is 181 cm³/mol. The molecule has 2 amide bonds. The Bertz CT molecular complexity index is 1680. The van der Waals surface area contributed by atoms with Crippen molar-refractivity contribution in [3.63, 3.8) is 0 Å². The third-order valence-electron chi connectivity index (χ3n) is 7.46. The molecule has 4 aromatic rings. The Labute approximate surface area is 271 Å². The fraction of sp³-hybridized carbons (Fsp3) is 0.278. The molecule has 0 aromatic heterocycles. The van der Waals surface area contributed by atoms with E-state index in [-0.39, 0.29) is 35.7 Å². The Balaban J connectivity index is 1.81. The molecule has 0 bridgehead atoms. The lowest BCUT2D eigenvalue weighted by Gasteiger charge is -2.34. The Morgan fingerprint density at radius 1 is 0.778 bits per heavy atom. The van der Waals surface area contributed by atoms with Gasteiger partial charge in [0.1, 0.15) is 12.6 Å². The van der Waals surface area contributed by atoms with Crippen molar-refractivity contribution in [1.29, 1.82) is 0 Å². The Morgan fingerprint density at radius 3 is 1.93 bits per heavy atom. The third kappa shape index (κ3) is 8.74. The summed E-state index contributed by atoms with van der Waals surface area (Å²) in [5, 5.41) is 3.40. The molecule has 0 saturated carbocycles. The van der Waals surface area contributed by atoms with Gasteiger partial charge in [-0.2, -0.15) is 0 Å². The highest BCUT2D eigenvalue weighted by molar-refractivity contribution is 7.92. The average Bonchev–Trinajstić information content (AvgIpc) is 3.02. The summed E-state index contributed by atoms with van der Waals surface area (Å²) in [4.78, 5) is 29.8. The SMILES string of the molecule is CC(C)NC(=O)[C@@H](Cc1ccccc1)N(Cc1ccccc1Cl)C(=O)CN(c1ccc(C(C)C)cc1)S(=O)(=O)c1ccccc1. The van der Waals surface area contributed by atoms with Crippen molar-refractivity contribution < 1.29 is 18.0 Å². The number of benzene rings is 4. The lowest BCUT2D eigenvalue weighted by Crippen LogP contribution is -2.54. The Morgan fingerprint density at radius 2 is 1.36 bits per heavy atom. The number of nitrogens with one attached hydrogen (secondary N) is 1. The number of halogens is 1. The molecule has 7 nitrogen and oxygen atoms in total. The van der Waals surface area contributed by atoms with Gasteiger partial charge in [-0.1, -0.05) is 104 Å². The van der Waals surface area contributed by atoms with Gasteiger partial charge in [-0.15, -0.1) is 0 Å². The first-order valence-electron chi connectivity index (χ1n) is 15.0. The summed E-state index contributed by atoms with van der Waals surface area (Å²) in [6, 6.07) is 30.6. The number of amides is 2. The second kappa shape index (κ2) is 15.2. The van der Waals surface area contributed by atoms with E-state index >= 15 is 0 Å². The van der Waals surface area contributed by atoms with E-state index in [0.29, 0.717) is 16.3 Å². The molecule has 0 unspecified atom stereocenters. The van der Waals surface area contributed by atoms with E-state index in [1.165, 1.54) is 17.0 Å². The number of sulfonamides is 1.